The van der Waals surface area contributed by atoms with Crippen LogP contribution in [0, 0.1) is 23.7 Å². The monoisotopic (exact) mass is 354 g/mol. The van der Waals surface area contributed by atoms with Crippen molar-refractivity contribution in [3.63, 3.8) is 0 Å². The Kier molecular flexibility index (Phi) is 4.59. The summed E-state index contributed by atoms with van der Waals surface area (Å²) in [5.74, 6) is 14.3. The van der Waals surface area contributed by atoms with E-state index in [4.69, 9.17) is 14.2 Å². The first kappa shape index (κ1) is 16.5. The summed E-state index contributed by atoms with van der Waals surface area (Å²) in [6, 6.07) is 13.1. The topological polar surface area (TPSA) is 53.5 Å². The number of fused-ring (bicyclic) bond motifs is 1. The van der Waals surface area contributed by atoms with Crippen LogP contribution in [0.3, 0.4) is 0 Å². The fourth-order valence-corrected chi connectivity index (χ4v) is 2.43. The maximum Gasteiger partial charge on any atom is 0.231 e. The Morgan fingerprint density at radius 1 is 0.852 bits per heavy atom. The van der Waals surface area contributed by atoms with Gasteiger partial charge in [0.25, 0.3) is 0 Å². The van der Waals surface area contributed by atoms with Crippen LogP contribution in [0.1, 0.15) is 22.5 Å². The smallest absolute Gasteiger partial charge is 0.231 e. The normalized spacial score (nSPS) is 11.0. The van der Waals surface area contributed by atoms with Gasteiger partial charge in [0.2, 0.25) is 6.79 Å². The SMILES string of the molecule is COc1cccc(C#Cc2cncc(C#Cc3ccc4c(c3)OCO4)n2)c1. The first-order chi connectivity index (χ1) is 13.3. The molecular formula is C22H14N2O3. The predicted octanol–water partition coefficient (Wildman–Crippen LogP) is 3.01. The van der Waals surface area contributed by atoms with Crippen LogP contribution in [0.5, 0.6) is 17.2 Å². The lowest BCUT2D eigenvalue weighted by atomic mass is 10.2. The lowest BCUT2D eigenvalue weighted by Gasteiger charge is -1.98. The lowest BCUT2D eigenvalue weighted by molar-refractivity contribution is 0.174. The maximum atomic E-state index is 5.36. The standard InChI is InChI=1S/C22H14N2O3/c1-25-20-4-2-3-16(11-20)5-8-18-13-23-14-19(24-18)9-6-17-7-10-21-22(12-17)27-15-26-21/h2-4,7,10-14H,15H2,1H3. The zero-order valence-corrected chi connectivity index (χ0v) is 14.5. The number of ether oxygens (including phenoxy) is 3. The number of rotatable bonds is 1. The van der Waals surface area contributed by atoms with E-state index < -0.39 is 0 Å². The van der Waals surface area contributed by atoms with Crippen molar-refractivity contribution in [3.8, 4) is 40.9 Å². The van der Waals surface area contributed by atoms with Crippen molar-refractivity contribution in [1.82, 2.24) is 9.97 Å². The highest BCUT2D eigenvalue weighted by molar-refractivity contribution is 5.51. The van der Waals surface area contributed by atoms with E-state index in [1.165, 1.54) is 0 Å². The minimum Gasteiger partial charge on any atom is -0.497 e. The Morgan fingerprint density at radius 2 is 1.59 bits per heavy atom. The molecule has 0 fully saturated rings. The van der Waals surface area contributed by atoms with Gasteiger partial charge in [0.05, 0.1) is 19.5 Å². The summed E-state index contributed by atoms with van der Waals surface area (Å²) in [6.45, 7) is 0.242. The molecule has 2 aromatic carbocycles. The van der Waals surface area contributed by atoms with Gasteiger partial charge in [-0.3, -0.25) is 4.98 Å². The lowest BCUT2D eigenvalue weighted by Crippen LogP contribution is -1.92. The van der Waals surface area contributed by atoms with Crippen LogP contribution in [0.15, 0.2) is 54.9 Å². The Bertz CT molecular complexity index is 1120. The molecule has 0 spiro atoms. The molecule has 0 N–H and O–H groups in total. The molecule has 0 atom stereocenters. The molecular weight excluding hydrogens is 340 g/mol. The van der Waals surface area contributed by atoms with Gasteiger partial charge in [-0.05, 0) is 48.2 Å². The van der Waals surface area contributed by atoms with E-state index in [1.54, 1.807) is 19.5 Å². The van der Waals surface area contributed by atoms with E-state index in [0.717, 1.165) is 22.6 Å². The highest BCUT2D eigenvalue weighted by Gasteiger charge is 2.12. The van der Waals surface area contributed by atoms with Gasteiger partial charge in [-0.25, -0.2) is 4.98 Å². The quantitative estimate of drug-likeness (QED) is 0.629. The highest BCUT2D eigenvalue weighted by Crippen LogP contribution is 2.32. The van der Waals surface area contributed by atoms with E-state index in [-0.39, 0.29) is 6.79 Å². The summed E-state index contributed by atoms with van der Waals surface area (Å²) in [5.41, 5.74) is 2.75. The van der Waals surface area contributed by atoms with Crippen LogP contribution in [0.4, 0.5) is 0 Å². The van der Waals surface area contributed by atoms with Crippen molar-refractivity contribution in [3.05, 3.63) is 77.4 Å². The molecule has 5 nitrogen and oxygen atoms in total. The maximum absolute atomic E-state index is 5.36. The highest BCUT2D eigenvalue weighted by atomic mass is 16.7. The Balaban J connectivity index is 1.54. The van der Waals surface area contributed by atoms with E-state index >= 15 is 0 Å². The molecule has 0 radical (unpaired) electrons. The molecule has 3 aromatic rings. The first-order valence-corrected chi connectivity index (χ1v) is 8.20. The summed E-state index contributed by atoms with van der Waals surface area (Å²) in [6.07, 6.45) is 3.22. The molecule has 4 rings (SSSR count). The predicted molar refractivity (Wildman–Crippen MR) is 99.6 cm³/mol. The molecule has 0 aliphatic carbocycles. The molecule has 0 saturated carbocycles. The van der Waals surface area contributed by atoms with Crippen LogP contribution >= 0.6 is 0 Å². The summed E-state index contributed by atoms with van der Waals surface area (Å²) < 4.78 is 15.8. The molecule has 1 aliphatic rings. The summed E-state index contributed by atoms with van der Waals surface area (Å²) in [7, 11) is 1.63. The fraction of sp³-hybridized carbons (Fsp3) is 0.0909. The van der Waals surface area contributed by atoms with Crippen LogP contribution in [0.2, 0.25) is 0 Å². The van der Waals surface area contributed by atoms with Crippen molar-refractivity contribution in [2.24, 2.45) is 0 Å². The van der Waals surface area contributed by atoms with Gasteiger partial charge in [0.15, 0.2) is 11.5 Å². The van der Waals surface area contributed by atoms with Crippen molar-refractivity contribution < 1.29 is 14.2 Å². The molecule has 0 amide bonds. The molecule has 1 aliphatic heterocycles. The number of methoxy groups -OCH3 is 1. The van der Waals surface area contributed by atoms with E-state index in [2.05, 4.69) is 33.6 Å². The number of benzene rings is 2. The average Bonchev–Trinajstić information content (AvgIpc) is 3.19. The third-order valence-corrected chi connectivity index (χ3v) is 3.75. The number of nitrogens with zero attached hydrogens (tertiary/aromatic N) is 2. The van der Waals surface area contributed by atoms with Crippen molar-refractivity contribution in [1.29, 1.82) is 0 Å². The van der Waals surface area contributed by atoms with Gasteiger partial charge in [0, 0.05) is 11.1 Å². The molecule has 1 aromatic heterocycles. The second-order valence-corrected chi connectivity index (χ2v) is 5.59. The number of hydrogen-bond acceptors (Lipinski definition) is 5. The molecule has 0 saturated heterocycles. The van der Waals surface area contributed by atoms with Crippen LogP contribution < -0.4 is 14.2 Å². The summed E-state index contributed by atoms with van der Waals surface area (Å²) in [4.78, 5) is 8.58. The third kappa shape index (κ3) is 4.00. The van der Waals surface area contributed by atoms with E-state index in [0.29, 0.717) is 17.1 Å². The van der Waals surface area contributed by atoms with Crippen LogP contribution in [0.25, 0.3) is 0 Å². The fourth-order valence-electron chi connectivity index (χ4n) is 2.43. The van der Waals surface area contributed by atoms with Crippen molar-refractivity contribution in [2.75, 3.05) is 13.9 Å². The molecule has 2 heterocycles. The minimum atomic E-state index is 0.242. The zero-order chi connectivity index (χ0) is 18.5. The van der Waals surface area contributed by atoms with E-state index in [9.17, 15) is 0 Å². The number of aromatic nitrogens is 2. The summed E-state index contributed by atoms with van der Waals surface area (Å²) >= 11 is 0. The Morgan fingerprint density at radius 3 is 2.37 bits per heavy atom. The Hall–Kier alpha value is -3.96. The molecule has 0 unspecified atom stereocenters. The van der Waals surface area contributed by atoms with Crippen LogP contribution in [-0.4, -0.2) is 23.9 Å². The van der Waals surface area contributed by atoms with Gasteiger partial charge in [-0.1, -0.05) is 17.9 Å². The average molecular weight is 354 g/mol. The third-order valence-electron chi connectivity index (χ3n) is 3.75. The zero-order valence-electron chi connectivity index (χ0n) is 14.5. The Labute approximate surface area is 157 Å². The van der Waals surface area contributed by atoms with E-state index in [1.807, 2.05) is 42.5 Å². The molecule has 0 bridgehead atoms. The largest absolute Gasteiger partial charge is 0.497 e. The van der Waals surface area contributed by atoms with Gasteiger partial charge in [-0.15, -0.1) is 0 Å². The van der Waals surface area contributed by atoms with Crippen LogP contribution in [-0.2, 0) is 0 Å². The van der Waals surface area contributed by atoms with Crippen molar-refractivity contribution >= 4 is 0 Å². The second kappa shape index (κ2) is 7.51. The first-order valence-electron chi connectivity index (χ1n) is 8.20. The second-order valence-electron chi connectivity index (χ2n) is 5.59. The summed E-state index contributed by atoms with van der Waals surface area (Å²) in [5, 5.41) is 0. The minimum absolute atomic E-state index is 0.242. The van der Waals surface area contributed by atoms with Gasteiger partial charge in [0.1, 0.15) is 17.1 Å². The van der Waals surface area contributed by atoms with Gasteiger partial charge in [-0.2, -0.15) is 0 Å². The molecule has 5 heteroatoms. The van der Waals surface area contributed by atoms with Gasteiger partial charge >= 0.3 is 0 Å². The van der Waals surface area contributed by atoms with Crippen molar-refractivity contribution in [2.45, 2.75) is 0 Å². The molecule has 27 heavy (non-hydrogen) atoms. The van der Waals surface area contributed by atoms with Gasteiger partial charge < -0.3 is 14.2 Å². The molecule has 130 valence electrons. The number of hydrogen-bond donors (Lipinski definition) is 0.